The summed E-state index contributed by atoms with van der Waals surface area (Å²) in [7, 11) is 0. The van der Waals surface area contributed by atoms with E-state index < -0.39 is 0 Å². The summed E-state index contributed by atoms with van der Waals surface area (Å²) in [4.78, 5) is 12.0. The van der Waals surface area contributed by atoms with Gasteiger partial charge >= 0.3 is 0 Å². The number of rotatable bonds is 4. The number of nitrogens with zero attached hydrogens (tertiary/aromatic N) is 3. The van der Waals surface area contributed by atoms with Crippen molar-refractivity contribution < 1.29 is 4.74 Å². The number of morpholine rings is 1. The molecule has 2 fully saturated rings. The molecular weight excluding hydrogens is 310 g/mol. The van der Waals surface area contributed by atoms with Crippen molar-refractivity contribution in [2.24, 2.45) is 0 Å². The average molecular weight is 337 g/mol. The van der Waals surface area contributed by atoms with E-state index in [-0.39, 0.29) is 0 Å². The summed E-state index contributed by atoms with van der Waals surface area (Å²) < 4.78 is 5.46. The van der Waals surface area contributed by atoms with E-state index in [1.54, 1.807) is 0 Å². The van der Waals surface area contributed by atoms with E-state index in [1.807, 2.05) is 0 Å². The molecule has 0 spiro atoms. The molecule has 4 nitrogen and oxygen atoms in total. The van der Waals surface area contributed by atoms with Gasteiger partial charge in [-0.3, -0.25) is 4.90 Å². The van der Waals surface area contributed by atoms with Crippen molar-refractivity contribution in [3.63, 3.8) is 0 Å². The summed E-state index contributed by atoms with van der Waals surface area (Å²) in [6.07, 6.45) is 3.87. The molecule has 1 aromatic heterocycles. The third kappa shape index (κ3) is 3.60. The molecule has 0 bridgehead atoms. The quantitative estimate of drug-likeness (QED) is 0.841. The van der Waals surface area contributed by atoms with Crippen LogP contribution in [0, 0.1) is 6.92 Å². The van der Waals surface area contributed by atoms with Crippen molar-refractivity contribution in [2.75, 3.05) is 26.3 Å². The zero-order chi connectivity index (χ0) is 17.2. The molecule has 1 aliphatic carbocycles. The van der Waals surface area contributed by atoms with E-state index in [2.05, 4.69) is 54.1 Å². The van der Waals surface area contributed by atoms with E-state index in [4.69, 9.17) is 9.72 Å². The highest BCUT2D eigenvalue weighted by Gasteiger charge is 2.22. The van der Waals surface area contributed by atoms with Gasteiger partial charge in [-0.2, -0.15) is 0 Å². The standard InChI is InChI=1S/C21H27N3O/c1-15-14-20(18-4-3-5-18)23-21(22-15)19-8-6-17(7-9-19)16(2)24-10-12-25-13-11-24/h6-9,14,16,18H,3-5,10-13H2,1-2H3. The third-order valence-electron chi connectivity index (χ3n) is 5.64. The molecule has 1 unspecified atom stereocenters. The molecule has 2 aliphatic rings. The van der Waals surface area contributed by atoms with Crippen LogP contribution in [0.25, 0.3) is 11.4 Å². The molecule has 0 radical (unpaired) electrons. The first kappa shape index (κ1) is 16.7. The molecular formula is C21H27N3O. The van der Waals surface area contributed by atoms with E-state index in [0.29, 0.717) is 12.0 Å². The SMILES string of the molecule is Cc1cc(C2CCC2)nc(-c2ccc(C(C)N3CCOCC3)cc2)n1. The maximum Gasteiger partial charge on any atom is 0.159 e. The predicted octanol–water partition coefficient (Wildman–Crippen LogP) is 4.11. The minimum Gasteiger partial charge on any atom is -0.379 e. The number of aromatic nitrogens is 2. The highest BCUT2D eigenvalue weighted by Crippen LogP contribution is 2.36. The van der Waals surface area contributed by atoms with Crippen molar-refractivity contribution in [1.29, 1.82) is 0 Å². The van der Waals surface area contributed by atoms with E-state index in [1.165, 1.54) is 30.5 Å². The molecule has 25 heavy (non-hydrogen) atoms. The lowest BCUT2D eigenvalue weighted by molar-refractivity contribution is 0.0198. The lowest BCUT2D eigenvalue weighted by Crippen LogP contribution is -2.37. The number of ether oxygens (including phenoxy) is 1. The maximum absolute atomic E-state index is 5.46. The Kier molecular flexibility index (Phi) is 4.82. The van der Waals surface area contributed by atoms with Gasteiger partial charge < -0.3 is 4.74 Å². The number of hydrogen-bond acceptors (Lipinski definition) is 4. The molecule has 4 heteroatoms. The van der Waals surface area contributed by atoms with Crippen molar-refractivity contribution in [1.82, 2.24) is 14.9 Å². The first-order chi connectivity index (χ1) is 12.2. The van der Waals surface area contributed by atoms with Crippen molar-refractivity contribution >= 4 is 0 Å². The minimum atomic E-state index is 0.418. The number of hydrogen-bond donors (Lipinski definition) is 0. The van der Waals surface area contributed by atoms with Crippen LogP contribution in [0.5, 0.6) is 0 Å². The molecule has 1 atom stereocenters. The monoisotopic (exact) mass is 337 g/mol. The van der Waals surface area contributed by atoms with Crippen LogP contribution in [0.4, 0.5) is 0 Å². The normalized spacial score (nSPS) is 20.2. The summed E-state index contributed by atoms with van der Waals surface area (Å²) in [5, 5.41) is 0. The van der Waals surface area contributed by atoms with Gasteiger partial charge in [0.15, 0.2) is 5.82 Å². The Balaban J connectivity index is 1.54. The minimum absolute atomic E-state index is 0.418. The van der Waals surface area contributed by atoms with Crippen LogP contribution < -0.4 is 0 Å². The third-order valence-corrected chi connectivity index (χ3v) is 5.64. The molecule has 2 heterocycles. The van der Waals surface area contributed by atoms with Gasteiger partial charge in [-0.15, -0.1) is 0 Å². The second-order valence-corrected chi connectivity index (χ2v) is 7.33. The van der Waals surface area contributed by atoms with Gasteiger partial charge in [0.25, 0.3) is 0 Å². The number of aryl methyl sites for hydroxylation is 1. The van der Waals surface area contributed by atoms with Gasteiger partial charge in [-0.05, 0) is 38.3 Å². The summed E-state index contributed by atoms with van der Waals surface area (Å²) in [6, 6.07) is 11.4. The molecule has 0 amide bonds. The Morgan fingerprint density at radius 1 is 1.08 bits per heavy atom. The molecule has 0 N–H and O–H groups in total. The molecule has 2 aromatic rings. The van der Waals surface area contributed by atoms with Gasteiger partial charge in [0.1, 0.15) is 0 Å². The molecule has 4 rings (SSSR count). The Morgan fingerprint density at radius 2 is 1.80 bits per heavy atom. The van der Waals surface area contributed by atoms with Crippen molar-refractivity contribution in [2.45, 2.75) is 45.1 Å². The number of benzene rings is 1. The Morgan fingerprint density at radius 3 is 2.44 bits per heavy atom. The smallest absolute Gasteiger partial charge is 0.159 e. The molecule has 1 saturated carbocycles. The van der Waals surface area contributed by atoms with E-state index >= 15 is 0 Å². The fourth-order valence-electron chi connectivity index (χ4n) is 3.72. The Hall–Kier alpha value is -1.78. The summed E-state index contributed by atoms with van der Waals surface area (Å²) in [5.41, 5.74) is 4.75. The van der Waals surface area contributed by atoms with Crippen LogP contribution in [0.2, 0.25) is 0 Å². The lowest BCUT2D eigenvalue weighted by Gasteiger charge is -2.32. The molecule has 1 aliphatic heterocycles. The van der Waals surface area contributed by atoms with Crippen LogP contribution in [0.3, 0.4) is 0 Å². The van der Waals surface area contributed by atoms with Gasteiger partial charge in [-0.1, -0.05) is 30.7 Å². The summed E-state index contributed by atoms with van der Waals surface area (Å²) in [6.45, 7) is 8.04. The molecule has 1 saturated heterocycles. The highest BCUT2D eigenvalue weighted by atomic mass is 16.5. The fourth-order valence-corrected chi connectivity index (χ4v) is 3.72. The van der Waals surface area contributed by atoms with Gasteiger partial charge in [0.2, 0.25) is 0 Å². The van der Waals surface area contributed by atoms with Gasteiger partial charge in [0, 0.05) is 42.0 Å². The predicted molar refractivity (Wildman–Crippen MR) is 99.6 cm³/mol. The second-order valence-electron chi connectivity index (χ2n) is 7.33. The van der Waals surface area contributed by atoms with Crippen LogP contribution in [-0.2, 0) is 4.74 Å². The lowest BCUT2D eigenvalue weighted by atomic mass is 9.82. The zero-order valence-corrected chi connectivity index (χ0v) is 15.2. The topological polar surface area (TPSA) is 38.2 Å². The van der Waals surface area contributed by atoms with E-state index in [9.17, 15) is 0 Å². The van der Waals surface area contributed by atoms with E-state index in [0.717, 1.165) is 43.4 Å². The van der Waals surface area contributed by atoms with Crippen LogP contribution in [-0.4, -0.2) is 41.2 Å². The summed E-state index contributed by atoms with van der Waals surface area (Å²) >= 11 is 0. The second kappa shape index (κ2) is 7.22. The maximum atomic E-state index is 5.46. The first-order valence-electron chi connectivity index (χ1n) is 9.48. The fraction of sp³-hybridized carbons (Fsp3) is 0.524. The molecule has 132 valence electrons. The Labute approximate surface area is 150 Å². The van der Waals surface area contributed by atoms with Crippen molar-refractivity contribution in [3.05, 3.63) is 47.3 Å². The largest absolute Gasteiger partial charge is 0.379 e. The van der Waals surface area contributed by atoms with Gasteiger partial charge in [0.05, 0.1) is 13.2 Å². The van der Waals surface area contributed by atoms with Crippen molar-refractivity contribution in [3.8, 4) is 11.4 Å². The van der Waals surface area contributed by atoms with Crippen LogP contribution in [0.15, 0.2) is 30.3 Å². The first-order valence-corrected chi connectivity index (χ1v) is 9.48. The Bertz CT molecular complexity index is 718. The van der Waals surface area contributed by atoms with Crippen LogP contribution >= 0.6 is 0 Å². The molecule has 1 aromatic carbocycles. The highest BCUT2D eigenvalue weighted by molar-refractivity contribution is 5.56. The zero-order valence-electron chi connectivity index (χ0n) is 15.2. The summed E-state index contributed by atoms with van der Waals surface area (Å²) in [5.74, 6) is 1.51. The van der Waals surface area contributed by atoms with Gasteiger partial charge in [-0.25, -0.2) is 9.97 Å². The van der Waals surface area contributed by atoms with Crippen LogP contribution in [0.1, 0.15) is 55.1 Å². The average Bonchev–Trinajstić information content (AvgIpc) is 2.60.